The third-order valence-corrected chi connectivity index (χ3v) is 4.50. The lowest BCUT2D eigenvalue weighted by Crippen LogP contribution is -2.38. The molecule has 1 aliphatic heterocycles. The van der Waals surface area contributed by atoms with Crippen molar-refractivity contribution < 1.29 is 9.53 Å². The van der Waals surface area contributed by atoms with Gasteiger partial charge in [-0.2, -0.15) is 0 Å². The van der Waals surface area contributed by atoms with Gasteiger partial charge >= 0.3 is 0 Å². The van der Waals surface area contributed by atoms with Crippen LogP contribution in [0.4, 0.5) is 0 Å². The van der Waals surface area contributed by atoms with Gasteiger partial charge in [0.05, 0.1) is 6.10 Å². The minimum absolute atomic E-state index is 0.0553. The van der Waals surface area contributed by atoms with Crippen molar-refractivity contribution in [1.82, 2.24) is 9.88 Å². The van der Waals surface area contributed by atoms with Crippen molar-refractivity contribution in [1.29, 1.82) is 0 Å². The van der Waals surface area contributed by atoms with Crippen LogP contribution >= 0.6 is 0 Å². The molecule has 0 aliphatic carbocycles. The summed E-state index contributed by atoms with van der Waals surface area (Å²) in [6.07, 6.45) is 5.81. The molecule has 1 atom stereocenters. The molecule has 0 spiro atoms. The van der Waals surface area contributed by atoms with Gasteiger partial charge in [0.1, 0.15) is 5.75 Å². The minimum atomic E-state index is 0.0553. The van der Waals surface area contributed by atoms with Crippen molar-refractivity contribution in [3.8, 4) is 5.75 Å². The summed E-state index contributed by atoms with van der Waals surface area (Å²) in [6.45, 7) is 6.68. The second-order valence-corrected chi connectivity index (χ2v) is 6.99. The summed E-state index contributed by atoms with van der Waals surface area (Å²) in [7, 11) is 0. The Morgan fingerprint density at radius 3 is 2.96 bits per heavy atom. The van der Waals surface area contributed by atoms with Crippen LogP contribution in [0.2, 0.25) is 0 Å². The lowest BCUT2D eigenvalue weighted by molar-refractivity contribution is 0.0811. The number of benzene rings is 1. The molecule has 4 heteroatoms. The first kappa shape index (κ1) is 17.6. The van der Waals surface area contributed by atoms with Crippen LogP contribution in [0.25, 0.3) is 0 Å². The molecule has 4 nitrogen and oxygen atoms in total. The van der Waals surface area contributed by atoms with Crippen LogP contribution in [0.5, 0.6) is 5.75 Å². The van der Waals surface area contributed by atoms with Crippen molar-refractivity contribution in [2.24, 2.45) is 5.92 Å². The van der Waals surface area contributed by atoms with Crippen molar-refractivity contribution in [2.75, 3.05) is 13.1 Å². The van der Waals surface area contributed by atoms with Gasteiger partial charge in [0.15, 0.2) is 5.78 Å². The molecule has 0 bridgehead atoms. The Labute approximate surface area is 149 Å². The average Bonchev–Trinajstić information content (AvgIpc) is 2.62. The zero-order valence-electron chi connectivity index (χ0n) is 15.0. The molecular formula is C21H26N2O2. The number of hydrogen-bond acceptors (Lipinski definition) is 4. The smallest absolute Gasteiger partial charge is 0.167 e. The molecule has 1 unspecified atom stereocenters. The highest BCUT2D eigenvalue weighted by molar-refractivity contribution is 5.98. The minimum Gasteiger partial charge on any atom is -0.491 e. The van der Waals surface area contributed by atoms with E-state index < -0.39 is 0 Å². The van der Waals surface area contributed by atoms with Crippen LogP contribution in [0.1, 0.15) is 42.6 Å². The molecule has 0 amide bonds. The number of ketones is 1. The Balaban J connectivity index is 1.65. The Hall–Kier alpha value is -2.20. The van der Waals surface area contributed by atoms with Gasteiger partial charge in [0.25, 0.3) is 0 Å². The first-order valence-corrected chi connectivity index (χ1v) is 9.04. The van der Waals surface area contributed by atoms with Gasteiger partial charge in [-0.25, -0.2) is 0 Å². The lowest BCUT2D eigenvalue weighted by atomic mass is 9.89. The van der Waals surface area contributed by atoms with Gasteiger partial charge < -0.3 is 4.74 Å². The number of nitrogens with zero attached hydrogens (tertiary/aromatic N) is 2. The van der Waals surface area contributed by atoms with Crippen LogP contribution in [0.3, 0.4) is 0 Å². The number of Topliss-reactive ketones (excluding diaryl/α,β-unsaturated/α-hetero) is 1. The Morgan fingerprint density at radius 2 is 2.20 bits per heavy atom. The predicted molar refractivity (Wildman–Crippen MR) is 98.8 cm³/mol. The summed E-state index contributed by atoms with van der Waals surface area (Å²) in [5, 5.41) is 0. The fourth-order valence-electron chi connectivity index (χ4n) is 3.39. The number of carbonyl (C=O) groups excluding carboxylic acids is 1. The van der Waals surface area contributed by atoms with Crippen LogP contribution in [-0.4, -0.2) is 34.9 Å². The quantitative estimate of drug-likeness (QED) is 0.748. The molecule has 1 saturated heterocycles. The molecule has 1 fully saturated rings. The number of carbonyl (C=O) groups is 1. The van der Waals surface area contributed by atoms with Gasteiger partial charge in [-0.15, -0.1) is 0 Å². The summed E-state index contributed by atoms with van der Waals surface area (Å²) in [4.78, 5) is 19.5. The third kappa shape index (κ3) is 4.89. The summed E-state index contributed by atoms with van der Waals surface area (Å²) >= 11 is 0. The molecule has 1 aromatic carbocycles. The molecule has 0 N–H and O–H groups in total. The molecule has 132 valence electrons. The Bertz CT molecular complexity index is 700. The van der Waals surface area contributed by atoms with E-state index in [0.717, 1.165) is 43.8 Å². The van der Waals surface area contributed by atoms with E-state index in [2.05, 4.69) is 16.0 Å². The molecule has 1 aliphatic rings. The SMILES string of the molecule is CC(C)Oc1cccc(C(=O)C2CCCN(Cc3cccnc3)C2)c1. The first-order valence-electron chi connectivity index (χ1n) is 9.04. The van der Waals surface area contributed by atoms with Crippen molar-refractivity contribution in [2.45, 2.75) is 39.3 Å². The second-order valence-electron chi connectivity index (χ2n) is 6.99. The highest BCUT2D eigenvalue weighted by atomic mass is 16.5. The molecule has 2 aromatic rings. The summed E-state index contributed by atoms with van der Waals surface area (Å²) in [6, 6.07) is 11.6. The number of piperidine rings is 1. The van der Waals surface area contributed by atoms with Gasteiger partial charge in [0, 0.05) is 37.0 Å². The second kappa shape index (κ2) is 8.26. The van der Waals surface area contributed by atoms with E-state index in [1.807, 2.05) is 50.4 Å². The number of pyridine rings is 1. The standard InChI is InChI=1S/C21H26N2O2/c1-16(2)25-20-9-3-7-18(12-20)21(24)19-8-5-11-23(15-19)14-17-6-4-10-22-13-17/h3-4,6-7,9-10,12-13,16,19H,5,8,11,14-15H2,1-2H3. The highest BCUT2D eigenvalue weighted by Crippen LogP contribution is 2.24. The van der Waals surface area contributed by atoms with Crippen LogP contribution in [0.15, 0.2) is 48.8 Å². The molecule has 25 heavy (non-hydrogen) atoms. The normalized spacial score (nSPS) is 18.3. The molecule has 2 heterocycles. The van der Waals surface area contributed by atoms with Crippen molar-refractivity contribution >= 4 is 5.78 Å². The fourth-order valence-corrected chi connectivity index (χ4v) is 3.39. The van der Waals surface area contributed by atoms with E-state index in [9.17, 15) is 4.79 Å². The van der Waals surface area contributed by atoms with Crippen LogP contribution in [-0.2, 0) is 6.54 Å². The summed E-state index contributed by atoms with van der Waals surface area (Å²) in [5.74, 6) is 1.05. The number of ether oxygens (including phenoxy) is 1. The zero-order valence-corrected chi connectivity index (χ0v) is 15.0. The van der Waals surface area contributed by atoms with E-state index in [1.54, 1.807) is 6.20 Å². The molecule has 0 radical (unpaired) electrons. The number of likely N-dealkylation sites (tertiary alicyclic amines) is 1. The average molecular weight is 338 g/mol. The lowest BCUT2D eigenvalue weighted by Gasteiger charge is -2.32. The largest absolute Gasteiger partial charge is 0.491 e. The number of aromatic nitrogens is 1. The van der Waals surface area contributed by atoms with E-state index in [-0.39, 0.29) is 17.8 Å². The van der Waals surface area contributed by atoms with E-state index in [4.69, 9.17) is 4.74 Å². The van der Waals surface area contributed by atoms with Gasteiger partial charge in [-0.05, 0) is 57.0 Å². The van der Waals surface area contributed by atoms with E-state index in [0.29, 0.717) is 0 Å². The predicted octanol–water partition coefficient (Wildman–Crippen LogP) is 3.96. The van der Waals surface area contributed by atoms with Crippen molar-refractivity contribution in [3.63, 3.8) is 0 Å². The van der Waals surface area contributed by atoms with E-state index in [1.165, 1.54) is 5.56 Å². The number of rotatable bonds is 6. The molecular weight excluding hydrogens is 312 g/mol. The van der Waals surface area contributed by atoms with Gasteiger partial charge in [0.2, 0.25) is 0 Å². The number of hydrogen-bond donors (Lipinski definition) is 0. The monoisotopic (exact) mass is 338 g/mol. The highest BCUT2D eigenvalue weighted by Gasteiger charge is 2.26. The topological polar surface area (TPSA) is 42.4 Å². The maximum absolute atomic E-state index is 12.9. The zero-order chi connectivity index (χ0) is 17.6. The van der Waals surface area contributed by atoms with Gasteiger partial charge in [-0.1, -0.05) is 18.2 Å². The molecule has 1 aromatic heterocycles. The maximum atomic E-state index is 12.9. The Kier molecular flexibility index (Phi) is 5.82. The van der Waals surface area contributed by atoms with E-state index >= 15 is 0 Å². The first-order chi connectivity index (χ1) is 12.1. The van der Waals surface area contributed by atoms with Gasteiger partial charge in [-0.3, -0.25) is 14.7 Å². The van der Waals surface area contributed by atoms with Crippen LogP contribution < -0.4 is 4.74 Å². The van der Waals surface area contributed by atoms with Crippen molar-refractivity contribution in [3.05, 3.63) is 59.9 Å². The fraction of sp³-hybridized carbons (Fsp3) is 0.429. The summed E-state index contributed by atoms with van der Waals surface area (Å²) in [5.41, 5.74) is 1.95. The molecule has 0 saturated carbocycles. The molecule has 3 rings (SSSR count). The van der Waals surface area contributed by atoms with Crippen LogP contribution in [0, 0.1) is 5.92 Å². The maximum Gasteiger partial charge on any atom is 0.167 e. The summed E-state index contributed by atoms with van der Waals surface area (Å²) < 4.78 is 5.72. The third-order valence-electron chi connectivity index (χ3n) is 4.50. The Morgan fingerprint density at radius 1 is 1.32 bits per heavy atom.